The largest absolute Gasteiger partial charge is 0.302 e. The Kier molecular flexibility index (Phi) is 4.41. The zero-order valence-electron chi connectivity index (χ0n) is 12.5. The molecule has 0 amide bonds. The molecular formula is C17H25NO. The van der Waals surface area contributed by atoms with E-state index < -0.39 is 0 Å². The van der Waals surface area contributed by atoms with Crippen molar-refractivity contribution in [3.63, 3.8) is 0 Å². The van der Waals surface area contributed by atoms with Gasteiger partial charge in [-0.25, -0.2) is 0 Å². The zero-order chi connectivity index (χ0) is 14.0. The summed E-state index contributed by atoms with van der Waals surface area (Å²) >= 11 is 0. The molecule has 0 N–H and O–H groups in total. The van der Waals surface area contributed by atoms with Crippen LogP contribution in [-0.4, -0.2) is 24.8 Å². The molecule has 0 saturated heterocycles. The van der Waals surface area contributed by atoms with Gasteiger partial charge < -0.3 is 4.90 Å². The smallest absolute Gasteiger partial charge is 0.140 e. The molecule has 4 atom stereocenters. The Morgan fingerprint density at radius 1 is 1.11 bits per heavy atom. The minimum Gasteiger partial charge on any atom is -0.302 e. The molecule has 0 aliphatic heterocycles. The van der Waals surface area contributed by atoms with Crippen LogP contribution in [0.3, 0.4) is 0 Å². The lowest BCUT2D eigenvalue weighted by atomic mass is 9.71. The van der Waals surface area contributed by atoms with Gasteiger partial charge in [0.15, 0.2) is 0 Å². The highest BCUT2D eigenvalue weighted by molar-refractivity contribution is 5.85. The van der Waals surface area contributed by atoms with Crippen molar-refractivity contribution in [2.24, 2.45) is 17.8 Å². The molecule has 0 heterocycles. The number of hydrogen-bond donors (Lipinski definition) is 0. The molecule has 104 valence electrons. The van der Waals surface area contributed by atoms with E-state index in [1.807, 2.05) is 6.07 Å². The number of nitrogens with zero attached hydrogens (tertiary/aromatic N) is 1. The van der Waals surface area contributed by atoms with Gasteiger partial charge in [-0.15, -0.1) is 0 Å². The summed E-state index contributed by atoms with van der Waals surface area (Å²) in [5.74, 6) is 1.32. The Labute approximate surface area is 116 Å². The summed E-state index contributed by atoms with van der Waals surface area (Å²) in [6.07, 6.45) is 2.18. The van der Waals surface area contributed by atoms with Gasteiger partial charge in [-0.2, -0.15) is 0 Å². The van der Waals surface area contributed by atoms with Gasteiger partial charge in [0, 0.05) is 17.9 Å². The summed E-state index contributed by atoms with van der Waals surface area (Å²) in [5, 5.41) is 0. The third kappa shape index (κ3) is 2.89. The van der Waals surface area contributed by atoms with Crippen molar-refractivity contribution in [1.29, 1.82) is 0 Å². The van der Waals surface area contributed by atoms with Crippen molar-refractivity contribution in [2.75, 3.05) is 14.1 Å². The van der Waals surface area contributed by atoms with E-state index in [-0.39, 0.29) is 17.9 Å². The number of benzene rings is 1. The van der Waals surface area contributed by atoms with Crippen molar-refractivity contribution < 1.29 is 4.79 Å². The van der Waals surface area contributed by atoms with Crippen LogP contribution in [0.1, 0.15) is 38.3 Å². The van der Waals surface area contributed by atoms with E-state index in [9.17, 15) is 4.79 Å². The average Bonchev–Trinajstić information content (AvgIpc) is 2.40. The summed E-state index contributed by atoms with van der Waals surface area (Å²) < 4.78 is 0. The minimum absolute atomic E-state index is 0.142. The first-order valence-corrected chi connectivity index (χ1v) is 7.27. The fourth-order valence-electron chi connectivity index (χ4n) is 3.31. The van der Waals surface area contributed by atoms with Crippen LogP contribution in [0.25, 0.3) is 0 Å². The van der Waals surface area contributed by atoms with Gasteiger partial charge in [0.05, 0.1) is 0 Å². The number of rotatable bonds is 3. The lowest BCUT2D eigenvalue weighted by Gasteiger charge is -2.38. The van der Waals surface area contributed by atoms with Gasteiger partial charge in [0.2, 0.25) is 0 Å². The lowest BCUT2D eigenvalue weighted by molar-refractivity contribution is -0.133. The SMILES string of the molecule is C[C@@H]1C(=O)C([C@H](c2ccccc2)N(C)C)CC[C@@H]1C. The van der Waals surface area contributed by atoms with Crippen molar-refractivity contribution in [1.82, 2.24) is 4.90 Å². The first-order valence-electron chi connectivity index (χ1n) is 7.27. The predicted molar refractivity (Wildman–Crippen MR) is 78.9 cm³/mol. The molecule has 1 aliphatic rings. The Morgan fingerprint density at radius 2 is 1.74 bits per heavy atom. The standard InChI is InChI=1S/C17H25NO/c1-12-10-11-15(17(19)13(12)2)16(18(3)4)14-8-6-5-7-9-14/h5-9,12-13,15-16H,10-11H2,1-4H3/t12-,13-,15?,16-/m0/s1. The Morgan fingerprint density at radius 3 is 2.32 bits per heavy atom. The first kappa shape index (κ1) is 14.3. The highest BCUT2D eigenvalue weighted by atomic mass is 16.1. The molecule has 1 aliphatic carbocycles. The highest BCUT2D eigenvalue weighted by Gasteiger charge is 2.38. The molecule has 2 rings (SSSR count). The maximum Gasteiger partial charge on any atom is 0.140 e. The zero-order valence-corrected chi connectivity index (χ0v) is 12.5. The second kappa shape index (κ2) is 5.87. The van der Waals surface area contributed by atoms with Crippen LogP contribution in [0.2, 0.25) is 0 Å². The van der Waals surface area contributed by atoms with Gasteiger partial charge in [0.1, 0.15) is 5.78 Å². The van der Waals surface area contributed by atoms with E-state index in [4.69, 9.17) is 0 Å². The van der Waals surface area contributed by atoms with Crippen LogP contribution >= 0.6 is 0 Å². The van der Waals surface area contributed by atoms with Crippen molar-refractivity contribution in [3.05, 3.63) is 35.9 Å². The molecule has 0 bridgehead atoms. The molecule has 1 aromatic carbocycles. The normalized spacial score (nSPS) is 29.5. The molecule has 0 radical (unpaired) electrons. The van der Waals surface area contributed by atoms with Gasteiger partial charge in [0.25, 0.3) is 0 Å². The van der Waals surface area contributed by atoms with Gasteiger partial charge in [-0.05, 0) is 38.4 Å². The Balaban J connectivity index is 2.28. The van der Waals surface area contributed by atoms with Crippen LogP contribution in [0.15, 0.2) is 30.3 Å². The van der Waals surface area contributed by atoms with Crippen LogP contribution in [0, 0.1) is 17.8 Å². The van der Waals surface area contributed by atoms with Crippen molar-refractivity contribution in [3.8, 4) is 0 Å². The summed E-state index contributed by atoms with van der Waals surface area (Å²) in [6, 6.07) is 10.6. The summed E-state index contributed by atoms with van der Waals surface area (Å²) in [7, 11) is 4.15. The maximum absolute atomic E-state index is 12.6. The van der Waals surface area contributed by atoms with E-state index in [0.717, 1.165) is 12.8 Å². The molecule has 0 spiro atoms. The monoisotopic (exact) mass is 259 g/mol. The molecule has 19 heavy (non-hydrogen) atoms. The molecule has 1 fully saturated rings. The fourth-order valence-corrected chi connectivity index (χ4v) is 3.31. The van der Waals surface area contributed by atoms with E-state index in [0.29, 0.717) is 11.7 Å². The van der Waals surface area contributed by atoms with Crippen LogP contribution in [0.4, 0.5) is 0 Å². The van der Waals surface area contributed by atoms with Crippen molar-refractivity contribution >= 4 is 5.78 Å². The quantitative estimate of drug-likeness (QED) is 0.827. The molecular weight excluding hydrogens is 234 g/mol. The van der Waals surface area contributed by atoms with E-state index in [1.165, 1.54) is 5.56 Å². The number of ketones is 1. The van der Waals surface area contributed by atoms with E-state index in [2.05, 4.69) is 57.1 Å². The number of carbonyl (C=O) groups excluding carboxylic acids is 1. The predicted octanol–water partition coefficient (Wildman–Crippen LogP) is 3.54. The number of hydrogen-bond acceptors (Lipinski definition) is 2. The third-order valence-corrected chi connectivity index (χ3v) is 4.68. The Hall–Kier alpha value is -1.15. The minimum atomic E-state index is 0.142. The van der Waals surface area contributed by atoms with Gasteiger partial charge >= 0.3 is 0 Å². The van der Waals surface area contributed by atoms with E-state index >= 15 is 0 Å². The third-order valence-electron chi connectivity index (χ3n) is 4.68. The topological polar surface area (TPSA) is 20.3 Å². The number of Topliss-reactive ketones (excluding diaryl/α,β-unsaturated/α-hetero) is 1. The summed E-state index contributed by atoms with van der Waals surface area (Å²) in [4.78, 5) is 14.8. The second-order valence-corrected chi connectivity index (χ2v) is 6.17. The molecule has 1 unspecified atom stereocenters. The Bertz CT molecular complexity index is 426. The second-order valence-electron chi connectivity index (χ2n) is 6.17. The summed E-state index contributed by atoms with van der Waals surface area (Å²) in [5.41, 5.74) is 1.26. The van der Waals surface area contributed by atoms with Gasteiger partial charge in [-0.3, -0.25) is 4.79 Å². The van der Waals surface area contributed by atoms with Crippen LogP contribution in [-0.2, 0) is 4.79 Å². The summed E-state index contributed by atoms with van der Waals surface area (Å²) in [6.45, 7) is 4.29. The highest BCUT2D eigenvalue weighted by Crippen LogP contribution is 2.39. The number of carbonyl (C=O) groups is 1. The van der Waals surface area contributed by atoms with Crippen LogP contribution < -0.4 is 0 Å². The average molecular weight is 259 g/mol. The van der Waals surface area contributed by atoms with E-state index in [1.54, 1.807) is 0 Å². The fraction of sp³-hybridized carbons (Fsp3) is 0.588. The molecule has 1 aromatic rings. The lowest BCUT2D eigenvalue weighted by Crippen LogP contribution is -2.40. The van der Waals surface area contributed by atoms with Crippen LogP contribution in [0.5, 0.6) is 0 Å². The molecule has 2 nitrogen and oxygen atoms in total. The molecule has 1 saturated carbocycles. The first-order chi connectivity index (χ1) is 9.02. The molecule has 0 aromatic heterocycles. The van der Waals surface area contributed by atoms with Crippen molar-refractivity contribution in [2.45, 2.75) is 32.7 Å². The van der Waals surface area contributed by atoms with Gasteiger partial charge in [-0.1, -0.05) is 44.2 Å². The maximum atomic E-state index is 12.6. The molecule has 2 heteroatoms.